The first kappa shape index (κ1) is 27.2. The fourth-order valence-corrected chi connectivity index (χ4v) is 3.05. The Kier molecular flexibility index (Phi) is 17.7. The summed E-state index contributed by atoms with van der Waals surface area (Å²) in [5.74, 6) is -0.0350. The molecule has 0 atom stereocenters. The van der Waals surface area contributed by atoms with Crippen LogP contribution in [0.25, 0.3) is 0 Å². The van der Waals surface area contributed by atoms with Gasteiger partial charge in [-0.25, -0.2) is 0 Å². The Morgan fingerprint density at radius 2 is 1.32 bits per heavy atom. The Morgan fingerprint density at radius 3 is 1.86 bits per heavy atom. The summed E-state index contributed by atoms with van der Waals surface area (Å²) in [5.41, 5.74) is 0.0728. The van der Waals surface area contributed by atoms with Gasteiger partial charge in [0.2, 0.25) is 0 Å². The number of ether oxygens (including phenoxy) is 1. The lowest BCUT2D eigenvalue weighted by molar-refractivity contribution is -0.144. The van der Waals surface area contributed by atoms with Crippen molar-refractivity contribution in [2.24, 2.45) is 0 Å². The van der Waals surface area contributed by atoms with Crippen LogP contribution in [0.15, 0.2) is 12.2 Å². The van der Waals surface area contributed by atoms with E-state index >= 15 is 0 Å². The standard InChI is InChI=1S/C25H49NO2/c1-6-7-8-9-10-11-12-13-14-15-16-17-18-19-20-21-24(27)28-23-22-25(2,3)26(4)5/h13-14H,6-12,15-23H2,1-5H3. The molecule has 0 aliphatic carbocycles. The Bertz CT molecular complexity index is 388. The van der Waals surface area contributed by atoms with E-state index in [0.29, 0.717) is 13.0 Å². The minimum Gasteiger partial charge on any atom is -0.466 e. The normalized spacial score (nSPS) is 12.2. The largest absolute Gasteiger partial charge is 0.466 e. The fraction of sp³-hybridized carbons (Fsp3) is 0.880. The van der Waals surface area contributed by atoms with Gasteiger partial charge in [0.25, 0.3) is 0 Å². The number of nitrogens with zero attached hydrogens (tertiary/aromatic N) is 1. The molecule has 0 saturated carbocycles. The van der Waals surface area contributed by atoms with Crippen molar-refractivity contribution < 1.29 is 9.53 Å². The first-order chi connectivity index (χ1) is 13.4. The molecule has 0 aromatic rings. The summed E-state index contributed by atoms with van der Waals surface area (Å²) in [7, 11) is 4.13. The molecule has 3 nitrogen and oxygen atoms in total. The Hall–Kier alpha value is -0.830. The molecule has 0 aliphatic rings. The Morgan fingerprint density at radius 1 is 0.821 bits per heavy atom. The van der Waals surface area contributed by atoms with Crippen LogP contribution >= 0.6 is 0 Å². The number of esters is 1. The third-order valence-corrected chi connectivity index (χ3v) is 5.83. The maximum Gasteiger partial charge on any atom is 0.305 e. The van der Waals surface area contributed by atoms with E-state index < -0.39 is 0 Å². The van der Waals surface area contributed by atoms with E-state index in [9.17, 15) is 4.79 Å². The van der Waals surface area contributed by atoms with Gasteiger partial charge in [-0.3, -0.25) is 4.79 Å². The monoisotopic (exact) mass is 395 g/mol. The summed E-state index contributed by atoms with van der Waals surface area (Å²) in [6.45, 7) is 7.14. The van der Waals surface area contributed by atoms with Gasteiger partial charge in [0.05, 0.1) is 6.61 Å². The van der Waals surface area contributed by atoms with Crippen molar-refractivity contribution in [1.82, 2.24) is 4.90 Å². The molecule has 0 aliphatic heterocycles. The molecule has 0 radical (unpaired) electrons. The van der Waals surface area contributed by atoms with Gasteiger partial charge in [-0.15, -0.1) is 0 Å². The summed E-state index contributed by atoms with van der Waals surface area (Å²) in [5, 5.41) is 0. The van der Waals surface area contributed by atoms with Crippen LogP contribution in [0.1, 0.15) is 117 Å². The topological polar surface area (TPSA) is 29.5 Å². The Balaban J connectivity index is 3.36. The molecule has 0 bridgehead atoms. The van der Waals surface area contributed by atoms with E-state index in [4.69, 9.17) is 4.74 Å². The molecule has 3 heteroatoms. The third-order valence-electron chi connectivity index (χ3n) is 5.83. The molecule has 0 N–H and O–H groups in total. The van der Waals surface area contributed by atoms with Gasteiger partial charge in [-0.05, 0) is 66.5 Å². The molecule has 0 heterocycles. The highest BCUT2D eigenvalue weighted by Crippen LogP contribution is 2.15. The molecule has 0 unspecified atom stereocenters. The molecular formula is C25H49NO2. The van der Waals surface area contributed by atoms with Gasteiger partial charge >= 0.3 is 5.97 Å². The second-order valence-corrected chi connectivity index (χ2v) is 9.01. The van der Waals surface area contributed by atoms with Crippen LogP contribution in [0, 0.1) is 0 Å². The molecule has 0 aromatic carbocycles. The zero-order chi connectivity index (χ0) is 21.1. The molecule has 0 saturated heterocycles. The summed E-state index contributed by atoms with van der Waals surface area (Å²) in [6.07, 6.45) is 22.8. The van der Waals surface area contributed by atoms with Gasteiger partial charge in [0, 0.05) is 12.0 Å². The smallest absolute Gasteiger partial charge is 0.305 e. The molecule has 0 amide bonds. The van der Waals surface area contributed by atoms with Crippen molar-refractivity contribution >= 4 is 5.97 Å². The minimum absolute atomic E-state index is 0.0350. The highest BCUT2D eigenvalue weighted by atomic mass is 16.5. The molecule has 166 valence electrons. The SMILES string of the molecule is CCCCCCCCC=CCCCCCCCC(=O)OCCC(C)(C)N(C)C. The van der Waals surface area contributed by atoms with E-state index in [0.717, 1.165) is 19.3 Å². The van der Waals surface area contributed by atoms with E-state index in [1.165, 1.54) is 70.6 Å². The lowest BCUT2D eigenvalue weighted by Crippen LogP contribution is -2.39. The molecule has 28 heavy (non-hydrogen) atoms. The van der Waals surface area contributed by atoms with Crippen molar-refractivity contribution in [3.63, 3.8) is 0 Å². The predicted octanol–water partition coefficient (Wildman–Crippen LogP) is 7.30. The number of allylic oxidation sites excluding steroid dienone is 2. The fourth-order valence-electron chi connectivity index (χ4n) is 3.05. The number of unbranched alkanes of at least 4 members (excludes halogenated alkanes) is 11. The quantitative estimate of drug-likeness (QED) is 0.130. The minimum atomic E-state index is -0.0350. The van der Waals surface area contributed by atoms with Crippen LogP contribution in [0.5, 0.6) is 0 Å². The van der Waals surface area contributed by atoms with Crippen LogP contribution in [0.4, 0.5) is 0 Å². The second-order valence-electron chi connectivity index (χ2n) is 9.01. The van der Waals surface area contributed by atoms with E-state index in [1.807, 2.05) is 0 Å². The highest BCUT2D eigenvalue weighted by molar-refractivity contribution is 5.69. The summed E-state index contributed by atoms with van der Waals surface area (Å²) < 4.78 is 5.37. The summed E-state index contributed by atoms with van der Waals surface area (Å²) in [4.78, 5) is 14.0. The average Bonchev–Trinajstić information content (AvgIpc) is 2.64. The van der Waals surface area contributed by atoms with Crippen LogP contribution in [0.2, 0.25) is 0 Å². The number of hydrogen-bond acceptors (Lipinski definition) is 3. The first-order valence-electron chi connectivity index (χ1n) is 11.9. The van der Waals surface area contributed by atoms with Crippen molar-refractivity contribution in [3.05, 3.63) is 12.2 Å². The first-order valence-corrected chi connectivity index (χ1v) is 11.9. The maximum absolute atomic E-state index is 11.8. The predicted molar refractivity (Wildman–Crippen MR) is 123 cm³/mol. The van der Waals surface area contributed by atoms with Crippen LogP contribution in [0.3, 0.4) is 0 Å². The maximum atomic E-state index is 11.8. The van der Waals surface area contributed by atoms with Gasteiger partial charge < -0.3 is 9.64 Å². The van der Waals surface area contributed by atoms with Crippen LogP contribution < -0.4 is 0 Å². The molecular weight excluding hydrogens is 346 g/mol. The van der Waals surface area contributed by atoms with Gasteiger partial charge in [0.1, 0.15) is 0 Å². The number of carbonyl (C=O) groups excluding carboxylic acids is 1. The molecule has 0 rings (SSSR count). The Labute approximate surface area is 176 Å². The van der Waals surface area contributed by atoms with Gasteiger partial charge in [0.15, 0.2) is 0 Å². The zero-order valence-corrected chi connectivity index (χ0v) is 19.7. The molecule has 0 spiro atoms. The van der Waals surface area contributed by atoms with Crippen LogP contribution in [-0.2, 0) is 9.53 Å². The number of hydrogen-bond donors (Lipinski definition) is 0. The van der Waals surface area contributed by atoms with Crippen molar-refractivity contribution in [2.75, 3.05) is 20.7 Å². The van der Waals surface area contributed by atoms with Crippen molar-refractivity contribution in [3.8, 4) is 0 Å². The summed E-state index contributed by atoms with van der Waals surface area (Å²) >= 11 is 0. The third kappa shape index (κ3) is 17.3. The zero-order valence-electron chi connectivity index (χ0n) is 19.7. The van der Waals surface area contributed by atoms with Crippen LogP contribution in [-0.4, -0.2) is 37.1 Å². The van der Waals surface area contributed by atoms with Crippen molar-refractivity contribution in [2.45, 2.75) is 123 Å². The summed E-state index contributed by atoms with van der Waals surface area (Å²) in [6, 6.07) is 0. The highest BCUT2D eigenvalue weighted by Gasteiger charge is 2.20. The lowest BCUT2D eigenvalue weighted by atomic mass is 10.0. The molecule has 0 aromatic heterocycles. The van der Waals surface area contributed by atoms with E-state index in [2.05, 4.69) is 51.9 Å². The van der Waals surface area contributed by atoms with Gasteiger partial charge in [-0.1, -0.05) is 70.4 Å². The average molecular weight is 396 g/mol. The lowest BCUT2D eigenvalue weighted by Gasteiger charge is -2.32. The number of rotatable bonds is 19. The molecule has 0 fully saturated rings. The second kappa shape index (κ2) is 18.2. The van der Waals surface area contributed by atoms with Crippen molar-refractivity contribution in [1.29, 1.82) is 0 Å². The van der Waals surface area contributed by atoms with E-state index in [1.54, 1.807) is 0 Å². The number of carbonyl (C=O) groups is 1. The van der Waals surface area contributed by atoms with E-state index in [-0.39, 0.29) is 11.5 Å². The van der Waals surface area contributed by atoms with Gasteiger partial charge in [-0.2, -0.15) is 0 Å².